The monoisotopic (exact) mass is 437 g/mol. The molecule has 29 heavy (non-hydrogen) atoms. The summed E-state index contributed by atoms with van der Waals surface area (Å²) in [4.78, 5) is 16.3. The number of methoxy groups -OCH3 is 1. The highest BCUT2D eigenvalue weighted by Crippen LogP contribution is 2.30. The van der Waals surface area contributed by atoms with Gasteiger partial charge in [0.2, 0.25) is 15.9 Å². The Labute approximate surface area is 174 Å². The fourth-order valence-corrected chi connectivity index (χ4v) is 5.18. The van der Waals surface area contributed by atoms with E-state index in [4.69, 9.17) is 9.47 Å². The molecule has 1 aliphatic rings. The van der Waals surface area contributed by atoms with Gasteiger partial charge in [-0.05, 0) is 29.8 Å². The molecule has 0 unspecified atom stereocenters. The Hall–Kier alpha value is -2.14. The van der Waals surface area contributed by atoms with Gasteiger partial charge in [0.25, 0.3) is 0 Å². The predicted molar refractivity (Wildman–Crippen MR) is 112 cm³/mol. The van der Waals surface area contributed by atoms with Gasteiger partial charge in [0, 0.05) is 36.9 Å². The molecule has 0 spiro atoms. The van der Waals surface area contributed by atoms with E-state index in [9.17, 15) is 13.2 Å². The SMILES string of the molecule is COc1ccc(NC(=O)CSCc2cccnc2)cc1S(=O)(=O)N1CCOCC1. The first kappa shape index (κ1) is 21.6. The second kappa shape index (κ2) is 10.1. The highest BCUT2D eigenvalue weighted by molar-refractivity contribution is 7.99. The van der Waals surface area contributed by atoms with Crippen LogP contribution in [0.3, 0.4) is 0 Å². The smallest absolute Gasteiger partial charge is 0.246 e. The highest BCUT2D eigenvalue weighted by atomic mass is 32.2. The first-order chi connectivity index (χ1) is 14.0. The Morgan fingerprint density at radius 3 is 2.79 bits per heavy atom. The van der Waals surface area contributed by atoms with Crippen molar-refractivity contribution in [2.75, 3.05) is 44.5 Å². The molecule has 1 N–H and O–H groups in total. The third-order valence-corrected chi connectivity index (χ3v) is 7.18. The topological polar surface area (TPSA) is 97.8 Å². The number of sulfonamides is 1. The number of rotatable bonds is 8. The molecule has 1 aromatic heterocycles. The summed E-state index contributed by atoms with van der Waals surface area (Å²) in [6.07, 6.45) is 3.46. The van der Waals surface area contributed by atoms with Crippen LogP contribution in [0.25, 0.3) is 0 Å². The van der Waals surface area contributed by atoms with E-state index in [-0.39, 0.29) is 35.4 Å². The van der Waals surface area contributed by atoms with Crippen molar-refractivity contribution < 1.29 is 22.7 Å². The number of anilines is 1. The molecule has 0 saturated carbocycles. The average Bonchev–Trinajstić information content (AvgIpc) is 2.75. The lowest BCUT2D eigenvalue weighted by Crippen LogP contribution is -2.40. The van der Waals surface area contributed by atoms with Crippen LogP contribution in [0.2, 0.25) is 0 Å². The molecule has 1 aromatic carbocycles. The van der Waals surface area contributed by atoms with Gasteiger partial charge >= 0.3 is 0 Å². The maximum absolute atomic E-state index is 13.0. The number of aromatic nitrogens is 1. The van der Waals surface area contributed by atoms with Crippen molar-refractivity contribution in [2.24, 2.45) is 0 Å². The molecule has 3 rings (SSSR count). The van der Waals surface area contributed by atoms with Crippen LogP contribution in [0, 0.1) is 0 Å². The van der Waals surface area contributed by atoms with Crippen LogP contribution >= 0.6 is 11.8 Å². The van der Waals surface area contributed by atoms with Crippen molar-refractivity contribution >= 4 is 33.4 Å². The summed E-state index contributed by atoms with van der Waals surface area (Å²) < 4.78 is 37.8. The van der Waals surface area contributed by atoms with E-state index < -0.39 is 10.0 Å². The number of nitrogens with one attached hydrogen (secondary N) is 1. The second-order valence-electron chi connectivity index (χ2n) is 6.28. The van der Waals surface area contributed by atoms with Crippen molar-refractivity contribution in [1.82, 2.24) is 9.29 Å². The molecule has 0 radical (unpaired) electrons. The lowest BCUT2D eigenvalue weighted by Gasteiger charge is -2.26. The number of hydrogen-bond donors (Lipinski definition) is 1. The minimum absolute atomic E-state index is 0.0303. The van der Waals surface area contributed by atoms with Crippen LogP contribution in [0.15, 0.2) is 47.6 Å². The second-order valence-corrected chi connectivity index (χ2v) is 9.18. The van der Waals surface area contributed by atoms with Crippen LogP contribution in [0.4, 0.5) is 5.69 Å². The Kier molecular flexibility index (Phi) is 7.48. The van der Waals surface area contributed by atoms with Gasteiger partial charge in [-0.25, -0.2) is 8.42 Å². The minimum Gasteiger partial charge on any atom is -0.495 e. The summed E-state index contributed by atoms with van der Waals surface area (Å²) >= 11 is 1.46. The van der Waals surface area contributed by atoms with Crippen molar-refractivity contribution in [1.29, 1.82) is 0 Å². The number of carbonyl (C=O) groups is 1. The minimum atomic E-state index is -3.75. The molecule has 1 aliphatic heterocycles. The van der Waals surface area contributed by atoms with Crippen molar-refractivity contribution in [3.05, 3.63) is 48.3 Å². The van der Waals surface area contributed by atoms with Crippen LogP contribution in [0.1, 0.15) is 5.56 Å². The van der Waals surface area contributed by atoms with E-state index >= 15 is 0 Å². The van der Waals surface area contributed by atoms with Gasteiger partial charge in [0.05, 0.1) is 26.1 Å². The zero-order chi connectivity index (χ0) is 20.7. The van der Waals surface area contributed by atoms with Crippen LogP contribution in [-0.2, 0) is 25.3 Å². The van der Waals surface area contributed by atoms with Gasteiger partial charge in [-0.3, -0.25) is 9.78 Å². The van der Waals surface area contributed by atoms with Crippen LogP contribution < -0.4 is 10.1 Å². The van der Waals surface area contributed by atoms with E-state index in [1.54, 1.807) is 24.5 Å². The normalized spacial score (nSPS) is 15.1. The van der Waals surface area contributed by atoms with Crippen LogP contribution in [-0.4, -0.2) is 62.8 Å². The molecule has 2 aromatic rings. The molecule has 8 nitrogen and oxygen atoms in total. The molecule has 0 atom stereocenters. The molecule has 0 aliphatic carbocycles. The first-order valence-corrected chi connectivity index (χ1v) is 11.6. The third kappa shape index (κ3) is 5.69. The standard InChI is InChI=1S/C19H23N3O5S2/c1-26-17-5-4-16(11-18(17)29(24,25)22-7-9-27-10-8-22)21-19(23)14-28-13-15-3-2-6-20-12-15/h2-6,11-12H,7-10,13-14H2,1H3,(H,21,23). The summed E-state index contributed by atoms with van der Waals surface area (Å²) in [5, 5.41) is 2.76. The maximum atomic E-state index is 13.0. The van der Waals surface area contributed by atoms with E-state index in [1.807, 2.05) is 12.1 Å². The highest BCUT2D eigenvalue weighted by Gasteiger charge is 2.29. The Morgan fingerprint density at radius 2 is 2.10 bits per heavy atom. The molecule has 2 heterocycles. The zero-order valence-corrected chi connectivity index (χ0v) is 17.7. The number of carbonyl (C=O) groups excluding carboxylic acids is 1. The van der Waals surface area contributed by atoms with Crippen molar-refractivity contribution in [3.8, 4) is 5.75 Å². The molecule has 1 fully saturated rings. The molecular formula is C19H23N3O5S2. The summed E-state index contributed by atoms with van der Waals surface area (Å²) in [6, 6.07) is 8.41. The van der Waals surface area contributed by atoms with Gasteiger partial charge < -0.3 is 14.8 Å². The van der Waals surface area contributed by atoms with E-state index in [0.29, 0.717) is 24.7 Å². The van der Waals surface area contributed by atoms with Crippen molar-refractivity contribution in [2.45, 2.75) is 10.6 Å². The number of amides is 1. The fraction of sp³-hybridized carbons (Fsp3) is 0.368. The quantitative estimate of drug-likeness (QED) is 0.674. The van der Waals surface area contributed by atoms with Gasteiger partial charge in [-0.1, -0.05) is 6.07 Å². The molecule has 10 heteroatoms. The van der Waals surface area contributed by atoms with E-state index in [0.717, 1.165) is 5.56 Å². The Bertz CT molecular complexity index is 932. The molecule has 156 valence electrons. The summed E-state index contributed by atoms with van der Waals surface area (Å²) in [5.41, 5.74) is 1.44. The number of benzene rings is 1. The molecule has 0 bridgehead atoms. The lowest BCUT2D eigenvalue weighted by atomic mass is 10.3. The molecule has 1 amide bonds. The predicted octanol–water partition coefficient (Wildman–Crippen LogP) is 1.98. The fourth-order valence-electron chi connectivity index (χ4n) is 2.82. The molecular weight excluding hydrogens is 414 g/mol. The number of pyridine rings is 1. The number of thioether (sulfide) groups is 1. The van der Waals surface area contributed by atoms with E-state index in [2.05, 4.69) is 10.3 Å². The van der Waals surface area contributed by atoms with Crippen molar-refractivity contribution in [3.63, 3.8) is 0 Å². The Balaban J connectivity index is 1.67. The largest absolute Gasteiger partial charge is 0.495 e. The van der Waals surface area contributed by atoms with Gasteiger partial charge in [-0.2, -0.15) is 4.31 Å². The van der Waals surface area contributed by atoms with Crippen LogP contribution in [0.5, 0.6) is 5.75 Å². The third-order valence-electron chi connectivity index (χ3n) is 4.26. The lowest BCUT2D eigenvalue weighted by molar-refractivity contribution is -0.113. The number of ether oxygens (including phenoxy) is 2. The first-order valence-electron chi connectivity index (χ1n) is 9.03. The number of nitrogens with zero attached hydrogens (tertiary/aromatic N) is 2. The summed E-state index contributed by atoms with van der Waals surface area (Å²) in [5.74, 6) is 0.937. The maximum Gasteiger partial charge on any atom is 0.246 e. The van der Waals surface area contributed by atoms with Gasteiger partial charge in [0.15, 0.2) is 0 Å². The average molecular weight is 438 g/mol. The van der Waals surface area contributed by atoms with Gasteiger partial charge in [0.1, 0.15) is 10.6 Å². The number of morpholine rings is 1. The summed E-state index contributed by atoms with van der Waals surface area (Å²) in [6.45, 7) is 1.28. The van der Waals surface area contributed by atoms with E-state index in [1.165, 1.54) is 29.2 Å². The Morgan fingerprint density at radius 1 is 1.31 bits per heavy atom. The number of hydrogen-bond acceptors (Lipinski definition) is 7. The van der Waals surface area contributed by atoms with Gasteiger partial charge in [-0.15, -0.1) is 11.8 Å². The summed E-state index contributed by atoms with van der Waals surface area (Å²) in [7, 11) is -2.33. The molecule has 1 saturated heterocycles. The zero-order valence-electron chi connectivity index (χ0n) is 16.0.